The molecule has 0 aliphatic rings. The fourth-order valence-electron chi connectivity index (χ4n) is 2.94. The van der Waals surface area contributed by atoms with Gasteiger partial charge >= 0.3 is 5.97 Å². The van der Waals surface area contributed by atoms with E-state index >= 15 is 0 Å². The molecule has 1 atom stereocenters. The van der Waals surface area contributed by atoms with Gasteiger partial charge in [-0.25, -0.2) is 0 Å². The van der Waals surface area contributed by atoms with Crippen molar-refractivity contribution in [2.75, 3.05) is 11.9 Å². The van der Waals surface area contributed by atoms with E-state index in [1.165, 1.54) is 13.2 Å². The van der Waals surface area contributed by atoms with Gasteiger partial charge < -0.3 is 19.8 Å². The van der Waals surface area contributed by atoms with Crippen LogP contribution in [0.3, 0.4) is 0 Å². The summed E-state index contributed by atoms with van der Waals surface area (Å²) in [7, 11) is 0. The quantitative estimate of drug-likeness (QED) is 0.402. The third-order valence-corrected chi connectivity index (χ3v) is 4.54. The van der Waals surface area contributed by atoms with Crippen molar-refractivity contribution in [2.45, 2.75) is 25.9 Å². The van der Waals surface area contributed by atoms with Crippen LogP contribution >= 0.6 is 0 Å². The number of carbonyl (C=O) groups is 3. The summed E-state index contributed by atoms with van der Waals surface area (Å²) in [6, 6.07) is 20.3. The van der Waals surface area contributed by atoms with E-state index in [0.717, 1.165) is 11.1 Å². The second kappa shape index (κ2) is 10.8. The van der Waals surface area contributed by atoms with Gasteiger partial charge in [-0.1, -0.05) is 48.5 Å². The Morgan fingerprint density at radius 2 is 1.71 bits per heavy atom. The van der Waals surface area contributed by atoms with Crippen LogP contribution in [0.25, 0.3) is 11.1 Å². The van der Waals surface area contributed by atoms with Crippen molar-refractivity contribution in [2.24, 2.45) is 0 Å². The van der Waals surface area contributed by atoms with Crippen molar-refractivity contribution in [1.82, 2.24) is 5.32 Å². The number of rotatable bonds is 9. The molecule has 3 aromatic rings. The van der Waals surface area contributed by atoms with Crippen molar-refractivity contribution < 1.29 is 23.5 Å². The molecule has 2 aromatic carbocycles. The smallest absolute Gasteiger partial charge is 0.306 e. The Balaban J connectivity index is 1.45. The van der Waals surface area contributed by atoms with E-state index in [1.807, 2.05) is 48.5 Å². The second-order valence-corrected chi connectivity index (χ2v) is 6.87. The van der Waals surface area contributed by atoms with E-state index in [9.17, 15) is 14.4 Å². The minimum atomic E-state index is -0.950. The van der Waals surface area contributed by atoms with Crippen LogP contribution in [0, 0.1) is 0 Å². The van der Waals surface area contributed by atoms with Gasteiger partial charge in [0.05, 0.1) is 6.26 Å². The third kappa shape index (κ3) is 6.30. The second-order valence-electron chi connectivity index (χ2n) is 6.87. The lowest BCUT2D eigenvalue weighted by atomic mass is 10.0. The number of amides is 2. The van der Waals surface area contributed by atoms with E-state index in [4.69, 9.17) is 9.15 Å². The highest BCUT2D eigenvalue weighted by Gasteiger charge is 2.19. The topological polar surface area (TPSA) is 97.6 Å². The van der Waals surface area contributed by atoms with Crippen LogP contribution < -0.4 is 10.6 Å². The predicted octanol–water partition coefficient (Wildman–Crippen LogP) is 4.03. The first-order chi connectivity index (χ1) is 15.0. The molecule has 1 aromatic heterocycles. The Hall–Kier alpha value is -3.87. The largest absolute Gasteiger partial charge is 0.459 e. The molecular formula is C24H24N2O5. The van der Waals surface area contributed by atoms with E-state index in [-0.39, 0.29) is 18.1 Å². The number of esters is 1. The van der Waals surface area contributed by atoms with Gasteiger partial charge in [-0.05, 0) is 37.1 Å². The summed E-state index contributed by atoms with van der Waals surface area (Å²) in [5.74, 6) is -1.05. The van der Waals surface area contributed by atoms with Gasteiger partial charge in [0.25, 0.3) is 11.8 Å². The molecule has 1 unspecified atom stereocenters. The first kappa shape index (κ1) is 21.8. The lowest BCUT2D eigenvalue weighted by molar-refractivity contribution is -0.153. The van der Waals surface area contributed by atoms with Gasteiger partial charge in [0.15, 0.2) is 11.9 Å². The number of furan rings is 1. The Morgan fingerprint density at radius 1 is 0.968 bits per heavy atom. The molecule has 3 rings (SSSR count). The van der Waals surface area contributed by atoms with Gasteiger partial charge in [0.1, 0.15) is 0 Å². The minimum Gasteiger partial charge on any atom is -0.459 e. The molecule has 0 bridgehead atoms. The maximum absolute atomic E-state index is 12.5. The van der Waals surface area contributed by atoms with E-state index < -0.39 is 18.0 Å². The number of hydrogen-bond donors (Lipinski definition) is 2. The first-order valence-electron chi connectivity index (χ1n) is 10.0. The molecule has 2 amide bonds. The Bertz CT molecular complexity index is 1020. The minimum absolute atomic E-state index is 0.0800. The van der Waals surface area contributed by atoms with E-state index in [2.05, 4.69) is 10.6 Å². The summed E-state index contributed by atoms with van der Waals surface area (Å²) in [5.41, 5.74) is 2.49. The highest BCUT2D eigenvalue weighted by Crippen LogP contribution is 2.27. The molecule has 0 fully saturated rings. The van der Waals surface area contributed by atoms with Crippen molar-refractivity contribution in [3.8, 4) is 11.1 Å². The molecule has 31 heavy (non-hydrogen) atoms. The molecule has 0 aliphatic heterocycles. The number of hydrogen-bond acceptors (Lipinski definition) is 5. The Morgan fingerprint density at radius 3 is 2.45 bits per heavy atom. The number of para-hydroxylation sites is 1. The molecule has 2 N–H and O–H groups in total. The zero-order chi connectivity index (χ0) is 22.1. The Kier molecular flexibility index (Phi) is 7.59. The number of nitrogens with one attached hydrogen (secondary N) is 2. The molecule has 160 valence electrons. The fraction of sp³-hybridized carbons (Fsp3) is 0.208. The van der Waals surface area contributed by atoms with Crippen LogP contribution in [-0.4, -0.2) is 30.4 Å². The molecule has 7 heteroatoms. The molecule has 0 saturated heterocycles. The fourth-order valence-corrected chi connectivity index (χ4v) is 2.94. The zero-order valence-corrected chi connectivity index (χ0v) is 17.2. The molecule has 7 nitrogen and oxygen atoms in total. The monoisotopic (exact) mass is 420 g/mol. The maximum Gasteiger partial charge on any atom is 0.306 e. The summed E-state index contributed by atoms with van der Waals surface area (Å²) < 4.78 is 10.2. The normalized spacial score (nSPS) is 11.4. The molecule has 0 spiro atoms. The molecular weight excluding hydrogens is 396 g/mol. The predicted molar refractivity (Wildman–Crippen MR) is 116 cm³/mol. The standard InChI is InChI=1S/C24H24N2O5/c1-17(31-22(27)14-7-15-25-24(29)21-13-8-16-30-21)23(28)26-20-12-6-5-11-19(20)18-9-3-2-4-10-18/h2-6,8-13,16-17H,7,14-15H2,1H3,(H,25,29)(H,26,28). The summed E-state index contributed by atoms with van der Waals surface area (Å²) in [6.45, 7) is 1.82. The number of ether oxygens (including phenoxy) is 1. The number of benzene rings is 2. The average Bonchev–Trinajstić information content (AvgIpc) is 3.32. The lowest BCUT2D eigenvalue weighted by Crippen LogP contribution is -2.30. The van der Waals surface area contributed by atoms with Crippen molar-refractivity contribution >= 4 is 23.5 Å². The van der Waals surface area contributed by atoms with E-state index in [0.29, 0.717) is 18.7 Å². The summed E-state index contributed by atoms with van der Waals surface area (Å²) in [5, 5.41) is 5.48. The van der Waals surface area contributed by atoms with Crippen molar-refractivity contribution in [1.29, 1.82) is 0 Å². The van der Waals surface area contributed by atoms with E-state index in [1.54, 1.807) is 18.2 Å². The highest BCUT2D eigenvalue weighted by atomic mass is 16.5. The lowest BCUT2D eigenvalue weighted by Gasteiger charge is -2.16. The van der Waals surface area contributed by atoms with Crippen LogP contribution in [0.15, 0.2) is 77.4 Å². The average molecular weight is 420 g/mol. The maximum atomic E-state index is 12.5. The van der Waals surface area contributed by atoms with Crippen LogP contribution in [0.5, 0.6) is 0 Å². The molecule has 0 aliphatic carbocycles. The van der Waals surface area contributed by atoms with Gasteiger partial charge in [-0.15, -0.1) is 0 Å². The summed E-state index contributed by atoms with van der Waals surface area (Å²) in [4.78, 5) is 36.3. The SMILES string of the molecule is CC(OC(=O)CCCNC(=O)c1ccco1)C(=O)Nc1ccccc1-c1ccccc1. The van der Waals surface area contributed by atoms with Gasteiger partial charge in [-0.2, -0.15) is 0 Å². The van der Waals surface area contributed by atoms with Gasteiger partial charge in [0, 0.05) is 24.2 Å². The molecule has 1 heterocycles. The van der Waals surface area contributed by atoms with Crippen LogP contribution in [0.2, 0.25) is 0 Å². The third-order valence-electron chi connectivity index (χ3n) is 4.54. The van der Waals surface area contributed by atoms with Crippen molar-refractivity contribution in [3.05, 3.63) is 78.8 Å². The van der Waals surface area contributed by atoms with Gasteiger partial charge in [-0.3, -0.25) is 14.4 Å². The van der Waals surface area contributed by atoms with Gasteiger partial charge in [0.2, 0.25) is 0 Å². The molecule has 0 saturated carbocycles. The molecule has 0 radical (unpaired) electrons. The Labute approximate surface area is 180 Å². The summed E-state index contributed by atoms with van der Waals surface area (Å²) in [6.07, 6.45) is 0.929. The number of carbonyl (C=O) groups excluding carboxylic acids is 3. The van der Waals surface area contributed by atoms with Crippen LogP contribution in [-0.2, 0) is 14.3 Å². The van der Waals surface area contributed by atoms with Crippen LogP contribution in [0.4, 0.5) is 5.69 Å². The summed E-state index contributed by atoms with van der Waals surface area (Å²) >= 11 is 0. The first-order valence-corrected chi connectivity index (χ1v) is 10.0. The van der Waals surface area contributed by atoms with Crippen LogP contribution in [0.1, 0.15) is 30.3 Å². The number of anilines is 1. The van der Waals surface area contributed by atoms with Crippen molar-refractivity contribution in [3.63, 3.8) is 0 Å². The zero-order valence-electron chi connectivity index (χ0n) is 17.2. The highest BCUT2D eigenvalue weighted by molar-refractivity contribution is 5.98.